The van der Waals surface area contributed by atoms with Crippen molar-refractivity contribution in [2.24, 2.45) is 28.6 Å². The molecule has 0 aromatic heterocycles. The fourth-order valence-electron chi connectivity index (χ4n) is 6.65. The maximum atomic E-state index is 11.8. The number of carbonyl (C=O) groups is 1. The van der Waals surface area contributed by atoms with Gasteiger partial charge in [-0.1, -0.05) is 26.3 Å². The summed E-state index contributed by atoms with van der Waals surface area (Å²) in [5.41, 5.74) is 1.83. The fourth-order valence-corrected chi connectivity index (χ4v) is 6.65. The predicted molar refractivity (Wildman–Crippen MR) is 89.5 cm³/mol. The van der Waals surface area contributed by atoms with Crippen LogP contribution in [0, 0.1) is 28.6 Å². The molecular weight excluding hydrogens is 272 g/mol. The Balaban J connectivity index is 0.00000144. The zero-order chi connectivity index (χ0) is 14.7. The van der Waals surface area contributed by atoms with E-state index < -0.39 is 0 Å². The van der Waals surface area contributed by atoms with E-state index in [2.05, 4.69) is 6.92 Å². The topological polar surface area (TPSA) is 37.3 Å². The quantitative estimate of drug-likeness (QED) is 0.773. The molecule has 0 amide bonds. The van der Waals surface area contributed by atoms with Crippen LogP contribution in [0.15, 0.2) is 11.6 Å². The summed E-state index contributed by atoms with van der Waals surface area (Å²) in [6.45, 7) is 2.78. The van der Waals surface area contributed by atoms with Gasteiger partial charge in [-0.3, -0.25) is 4.79 Å². The van der Waals surface area contributed by atoms with Crippen LogP contribution in [0.4, 0.5) is 0 Å². The minimum atomic E-state index is -0.0409. The van der Waals surface area contributed by atoms with Crippen molar-refractivity contribution in [1.29, 1.82) is 0 Å². The SMILES string of the molecule is C.C[C@@]12CCCC1C1CCC3=CC(=O)CC[C@]3(CO)C1CC2. The zero-order valence-electron chi connectivity index (χ0n) is 13.2. The van der Waals surface area contributed by atoms with E-state index >= 15 is 0 Å². The van der Waals surface area contributed by atoms with Crippen LogP contribution in [0.25, 0.3) is 0 Å². The second-order valence-corrected chi connectivity index (χ2v) is 8.45. The van der Waals surface area contributed by atoms with Gasteiger partial charge in [0.15, 0.2) is 5.78 Å². The maximum Gasteiger partial charge on any atom is 0.155 e. The first-order valence-corrected chi connectivity index (χ1v) is 8.94. The fraction of sp³-hybridized carbons (Fsp3) is 0.850. The van der Waals surface area contributed by atoms with Gasteiger partial charge in [-0.25, -0.2) is 0 Å². The summed E-state index contributed by atoms with van der Waals surface area (Å²) in [6, 6.07) is 0. The molecule has 5 atom stereocenters. The van der Waals surface area contributed by atoms with Crippen molar-refractivity contribution in [3.63, 3.8) is 0 Å². The second-order valence-electron chi connectivity index (χ2n) is 8.45. The predicted octanol–water partition coefficient (Wildman–Crippen LogP) is 4.52. The van der Waals surface area contributed by atoms with Crippen molar-refractivity contribution in [3.8, 4) is 0 Å². The lowest BCUT2D eigenvalue weighted by atomic mass is 9.47. The molecule has 22 heavy (non-hydrogen) atoms. The molecule has 0 heterocycles. The van der Waals surface area contributed by atoms with Crippen LogP contribution < -0.4 is 0 Å². The molecule has 0 radical (unpaired) electrons. The average molecular weight is 304 g/mol. The summed E-state index contributed by atoms with van der Waals surface area (Å²) in [7, 11) is 0. The van der Waals surface area contributed by atoms with Gasteiger partial charge in [0, 0.05) is 11.8 Å². The highest BCUT2D eigenvalue weighted by molar-refractivity contribution is 5.91. The van der Waals surface area contributed by atoms with E-state index in [1.54, 1.807) is 0 Å². The van der Waals surface area contributed by atoms with Crippen molar-refractivity contribution < 1.29 is 9.90 Å². The molecule has 4 rings (SSSR count). The van der Waals surface area contributed by atoms with Crippen LogP contribution in [0.2, 0.25) is 0 Å². The van der Waals surface area contributed by atoms with Gasteiger partial charge < -0.3 is 5.11 Å². The first-order valence-electron chi connectivity index (χ1n) is 8.94. The van der Waals surface area contributed by atoms with Gasteiger partial charge in [0.05, 0.1) is 6.61 Å². The lowest BCUT2D eigenvalue weighted by Crippen LogP contribution is -2.52. The van der Waals surface area contributed by atoms with Gasteiger partial charge in [0.25, 0.3) is 0 Å². The van der Waals surface area contributed by atoms with Gasteiger partial charge in [0.2, 0.25) is 0 Å². The number of aliphatic hydroxyl groups excluding tert-OH is 1. The van der Waals surface area contributed by atoms with Gasteiger partial charge >= 0.3 is 0 Å². The van der Waals surface area contributed by atoms with Crippen molar-refractivity contribution in [2.45, 2.75) is 72.1 Å². The molecule has 0 spiro atoms. The van der Waals surface area contributed by atoms with E-state index in [4.69, 9.17) is 0 Å². The Morgan fingerprint density at radius 2 is 1.95 bits per heavy atom. The molecule has 3 saturated carbocycles. The third-order valence-electron chi connectivity index (χ3n) is 7.75. The number of aliphatic hydroxyl groups is 1. The van der Waals surface area contributed by atoms with Crippen molar-refractivity contribution in [1.82, 2.24) is 0 Å². The molecule has 0 aromatic rings. The molecule has 0 saturated heterocycles. The molecule has 0 bridgehead atoms. The Bertz CT molecular complexity index is 494. The summed E-state index contributed by atoms with van der Waals surface area (Å²) in [4.78, 5) is 11.8. The summed E-state index contributed by atoms with van der Waals surface area (Å²) in [5, 5.41) is 10.3. The van der Waals surface area contributed by atoms with E-state index in [0.29, 0.717) is 17.8 Å². The number of rotatable bonds is 1. The van der Waals surface area contributed by atoms with Crippen LogP contribution in [0.5, 0.6) is 0 Å². The van der Waals surface area contributed by atoms with Crippen LogP contribution in [-0.4, -0.2) is 17.5 Å². The summed E-state index contributed by atoms with van der Waals surface area (Å²) in [6.07, 6.45) is 12.6. The third kappa shape index (κ3) is 2.06. The largest absolute Gasteiger partial charge is 0.395 e. The van der Waals surface area contributed by atoms with Gasteiger partial charge in [-0.15, -0.1) is 0 Å². The number of hydrogen-bond donors (Lipinski definition) is 1. The van der Waals surface area contributed by atoms with Crippen LogP contribution in [0.3, 0.4) is 0 Å². The number of fused-ring (bicyclic) bond motifs is 5. The Hall–Kier alpha value is -0.630. The molecule has 0 aromatic carbocycles. The highest BCUT2D eigenvalue weighted by Gasteiger charge is 2.57. The lowest BCUT2D eigenvalue weighted by Gasteiger charge is -2.57. The molecule has 3 unspecified atom stereocenters. The number of carbonyl (C=O) groups excluding carboxylic acids is 1. The van der Waals surface area contributed by atoms with E-state index in [1.807, 2.05) is 6.08 Å². The van der Waals surface area contributed by atoms with E-state index in [1.165, 1.54) is 44.1 Å². The minimum Gasteiger partial charge on any atom is -0.395 e. The first kappa shape index (κ1) is 16.2. The molecule has 124 valence electrons. The molecule has 0 aliphatic heterocycles. The van der Waals surface area contributed by atoms with Crippen molar-refractivity contribution >= 4 is 5.78 Å². The van der Waals surface area contributed by atoms with E-state index in [0.717, 1.165) is 24.7 Å². The van der Waals surface area contributed by atoms with Crippen molar-refractivity contribution in [2.75, 3.05) is 6.61 Å². The molecule has 1 N–H and O–H groups in total. The molecule has 2 nitrogen and oxygen atoms in total. The van der Waals surface area contributed by atoms with Crippen LogP contribution >= 0.6 is 0 Å². The molecule has 4 aliphatic rings. The second kappa shape index (κ2) is 5.47. The van der Waals surface area contributed by atoms with Crippen LogP contribution in [-0.2, 0) is 4.79 Å². The summed E-state index contributed by atoms with van der Waals surface area (Å²) >= 11 is 0. The van der Waals surface area contributed by atoms with Gasteiger partial charge in [0.1, 0.15) is 0 Å². The Morgan fingerprint density at radius 3 is 2.73 bits per heavy atom. The molecule has 3 fully saturated rings. The Morgan fingerprint density at radius 1 is 1.14 bits per heavy atom. The highest BCUT2D eigenvalue weighted by Crippen LogP contribution is 2.65. The minimum absolute atomic E-state index is 0. The molecule has 2 heteroatoms. The first-order chi connectivity index (χ1) is 10.1. The highest BCUT2D eigenvalue weighted by atomic mass is 16.3. The third-order valence-corrected chi connectivity index (χ3v) is 7.75. The Kier molecular flexibility index (Phi) is 4.04. The van der Waals surface area contributed by atoms with Gasteiger partial charge in [-0.05, 0) is 74.2 Å². The maximum absolute atomic E-state index is 11.8. The monoisotopic (exact) mass is 304 g/mol. The summed E-state index contributed by atoms with van der Waals surface area (Å²) in [5.74, 6) is 2.59. The lowest BCUT2D eigenvalue weighted by molar-refractivity contribution is -0.118. The summed E-state index contributed by atoms with van der Waals surface area (Å²) < 4.78 is 0. The van der Waals surface area contributed by atoms with Crippen molar-refractivity contribution in [3.05, 3.63) is 11.6 Å². The standard InChI is InChI=1S/C19H28O2.CH4/c1-18-8-2-3-16(18)15-5-4-13-11-14(21)6-10-19(13,12-20)17(15)7-9-18;/h11,15-17,20H,2-10,12H2,1H3;1H4/t15?,16?,17?,18-,19+;/m0./s1. The number of ketones is 1. The zero-order valence-corrected chi connectivity index (χ0v) is 13.2. The van der Waals surface area contributed by atoms with E-state index in [-0.39, 0.29) is 25.2 Å². The molecular formula is C20H32O2. The van der Waals surface area contributed by atoms with Gasteiger partial charge in [-0.2, -0.15) is 0 Å². The molecule has 4 aliphatic carbocycles. The normalized spacial score (nSPS) is 46.9. The number of hydrogen-bond acceptors (Lipinski definition) is 2. The average Bonchev–Trinajstić information content (AvgIpc) is 2.88. The van der Waals surface area contributed by atoms with Crippen LogP contribution in [0.1, 0.15) is 72.1 Å². The smallest absolute Gasteiger partial charge is 0.155 e. The van der Waals surface area contributed by atoms with E-state index in [9.17, 15) is 9.90 Å². The Labute approximate surface area is 135 Å².